The van der Waals surface area contributed by atoms with Gasteiger partial charge in [0.2, 0.25) is 0 Å². The molecule has 0 saturated heterocycles. The van der Waals surface area contributed by atoms with Gasteiger partial charge in [-0.05, 0) is 24.1 Å². The highest BCUT2D eigenvalue weighted by molar-refractivity contribution is 7.99. The van der Waals surface area contributed by atoms with Gasteiger partial charge in [0.25, 0.3) is 0 Å². The van der Waals surface area contributed by atoms with Gasteiger partial charge in [0.1, 0.15) is 0 Å². The topological polar surface area (TPSA) is 40.7 Å². The number of H-pyrrole nitrogens is 1. The lowest BCUT2D eigenvalue weighted by Crippen LogP contribution is -2.42. The Morgan fingerprint density at radius 3 is 2.68 bits per heavy atom. The summed E-state index contributed by atoms with van der Waals surface area (Å²) in [4.78, 5) is 7.98. The first kappa shape index (κ1) is 14.4. The monoisotopic (exact) mass is 277 g/mol. The van der Waals surface area contributed by atoms with Gasteiger partial charge < -0.3 is 10.3 Å². The molecular formula is C15H23N3S. The first-order chi connectivity index (χ1) is 9.00. The van der Waals surface area contributed by atoms with Crippen molar-refractivity contribution >= 4 is 22.8 Å². The van der Waals surface area contributed by atoms with Crippen molar-refractivity contribution in [2.24, 2.45) is 5.41 Å². The third-order valence-corrected chi connectivity index (χ3v) is 4.22. The molecule has 2 N–H and O–H groups in total. The Morgan fingerprint density at radius 2 is 2.05 bits per heavy atom. The van der Waals surface area contributed by atoms with Crippen LogP contribution in [-0.4, -0.2) is 28.3 Å². The van der Waals surface area contributed by atoms with Gasteiger partial charge in [-0.3, -0.25) is 0 Å². The summed E-state index contributed by atoms with van der Waals surface area (Å²) in [6, 6.07) is 8.65. The minimum Gasteiger partial charge on any atom is -0.333 e. The van der Waals surface area contributed by atoms with Crippen LogP contribution >= 0.6 is 11.8 Å². The van der Waals surface area contributed by atoms with Crippen molar-refractivity contribution in [3.8, 4) is 0 Å². The summed E-state index contributed by atoms with van der Waals surface area (Å²) < 4.78 is 0. The van der Waals surface area contributed by atoms with Gasteiger partial charge in [0.05, 0.1) is 11.0 Å². The second kappa shape index (κ2) is 5.97. The number of nitrogens with one attached hydrogen (secondary N) is 2. The summed E-state index contributed by atoms with van der Waals surface area (Å²) in [7, 11) is 0. The van der Waals surface area contributed by atoms with E-state index >= 15 is 0 Å². The van der Waals surface area contributed by atoms with Crippen LogP contribution in [-0.2, 0) is 0 Å². The highest BCUT2D eigenvalue weighted by atomic mass is 32.2. The minimum atomic E-state index is 0.259. The highest BCUT2D eigenvalue weighted by Gasteiger charge is 2.24. The number of aromatic nitrogens is 2. The average molecular weight is 277 g/mol. The molecule has 1 heterocycles. The molecule has 0 aliphatic carbocycles. The third-order valence-electron chi connectivity index (χ3n) is 3.25. The van der Waals surface area contributed by atoms with E-state index in [1.54, 1.807) is 11.8 Å². The van der Waals surface area contributed by atoms with E-state index in [1.807, 2.05) is 18.2 Å². The normalized spacial score (nSPS) is 13.9. The lowest BCUT2D eigenvalue weighted by atomic mass is 9.88. The Balaban J connectivity index is 2.04. The predicted octanol–water partition coefficient (Wildman–Crippen LogP) is 3.68. The zero-order valence-corrected chi connectivity index (χ0v) is 13.0. The largest absolute Gasteiger partial charge is 0.333 e. The number of nitrogens with zero attached hydrogens (tertiary/aromatic N) is 1. The fraction of sp³-hybridized carbons (Fsp3) is 0.533. The second-order valence-electron chi connectivity index (χ2n) is 5.85. The molecule has 0 aliphatic rings. The van der Waals surface area contributed by atoms with Crippen molar-refractivity contribution in [2.45, 2.75) is 38.9 Å². The van der Waals surface area contributed by atoms with Gasteiger partial charge in [-0.1, -0.05) is 51.6 Å². The summed E-state index contributed by atoms with van der Waals surface area (Å²) in [6.07, 6.45) is 0. The van der Waals surface area contributed by atoms with Crippen LogP contribution in [0, 0.1) is 5.41 Å². The summed E-state index contributed by atoms with van der Waals surface area (Å²) in [5, 5.41) is 4.57. The van der Waals surface area contributed by atoms with Gasteiger partial charge in [0, 0.05) is 11.8 Å². The molecule has 0 bridgehead atoms. The molecule has 2 aromatic rings. The third kappa shape index (κ3) is 3.74. The Labute approximate surface area is 119 Å². The number of fused-ring (bicyclic) bond motifs is 1. The maximum atomic E-state index is 4.61. The number of rotatable bonds is 5. The molecule has 3 nitrogen and oxygen atoms in total. The molecule has 1 unspecified atom stereocenters. The summed E-state index contributed by atoms with van der Waals surface area (Å²) >= 11 is 1.79. The Hall–Kier alpha value is -1.00. The van der Waals surface area contributed by atoms with Gasteiger partial charge in [-0.25, -0.2) is 4.98 Å². The van der Waals surface area contributed by atoms with Crippen LogP contribution in [0.2, 0.25) is 0 Å². The molecule has 1 atom stereocenters. The van der Waals surface area contributed by atoms with Gasteiger partial charge in [-0.15, -0.1) is 0 Å². The first-order valence-corrected chi connectivity index (χ1v) is 7.80. The lowest BCUT2D eigenvalue weighted by molar-refractivity contribution is 0.295. The van der Waals surface area contributed by atoms with E-state index in [0.717, 1.165) is 28.5 Å². The van der Waals surface area contributed by atoms with E-state index in [2.05, 4.69) is 49.0 Å². The van der Waals surface area contributed by atoms with E-state index in [9.17, 15) is 0 Å². The van der Waals surface area contributed by atoms with Crippen molar-refractivity contribution in [1.29, 1.82) is 0 Å². The van der Waals surface area contributed by atoms with Crippen LogP contribution in [0.5, 0.6) is 0 Å². The van der Waals surface area contributed by atoms with Crippen LogP contribution in [0.4, 0.5) is 0 Å². The Morgan fingerprint density at radius 1 is 1.32 bits per heavy atom. The molecule has 19 heavy (non-hydrogen) atoms. The number of benzene rings is 1. The first-order valence-electron chi connectivity index (χ1n) is 6.81. The molecule has 0 radical (unpaired) electrons. The second-order valence-corrected chi connectivity index (χ2v) is 6.86. The number of thioether (sulfide) groups is 1. The highest BCUT2D eigenvalue weighted by Crippen LogP contribution is 2.26. The van der Waals surface area contributed by atoms with Crippen LogP contribution in [0.25, 0.3) is 11.0 Å². The summed E-state index contributed by atoms with van der Waals surface area (Å²) in [5.74, 6) is 1.02. The summed E-state index contributed by atoms with van der Waals surface area (Å²) in [5.41, 5.74) is 2.41. The number of imidazole rings is 1. The van der Waals surface area contributed by atoms with Crippen molar-refractivity contribution in [3.63, 3.8) is 0 Å². The van der Waals surface area contributed by atoms with E-state index in [4.69, 9.17) is 0 Å². The molecule has 0 aliphatic heterocycles. The maximum Gasteiger partial charge on any atom is 0.166 e. The fourth-order valence-corrected chi connectivity index (χ4v) is 3.31. The van der Waals surface area contributed by atoms with Crippen LogP contribution in [0.15, 0.2) is 29.4 Å². The van der Waals surface area contributed by atoms with E-state index in [-0.39, 0.29) is 5.41 Å². The Bertz CT molecular complexity index is 494. The minimum absolute atomic E-state index is 0.259. The molecule has 4 heteroatoms. The lowest BCUT2D eigenvalue weighted by Gasteiger charge is -2.30. The van der Waals surface area contributed by atoms with Crippen molar-refractivity contribution in [3.05, 3.63) is 24.3 Å². The van der Waals surface area contributed by atoms with Crippen LogP contribution in [0.3, 0.4) is 0 Å². The zero-order valence-electron chi connectivity index (χ0n) is 12.2. The molecular weight excluding hydrogens is 254 g/mol. The molecule has 2 rings (SSSR count). The quantitative estimate of drug-likeness (QED) is 0.819. The average Bonchev–Trinajstić information content (AvgIpc) is 2.75. The maximum absolute atomic E-state index is 4.61. The number of hydrogen-bond donors (Lipinski definition) is 2. The van der Waals surface area contributed by atoms with Crippen molar-refractivity contribution in [2.75, 3.05) is 12.3 Å². The molecule has 0 saturated carbocycles. The van der Waals surface area contributed by atoms with Gasteiger partial charge >= 0.3 is 0 Å². The molecule has 0 fully saturated rings. The predicted molar refractivity (Wildman–Crippen MR) is 83.7 cm³/mol. The van der Waals surface area contributed by atoms with Crippen LogP contribution < -0.4 is 5.32 Å². The van der Waals surface area contributed by atoms with Gasteiger partial charge in [-0.2, -0.15) is 0 Å². The zero-order chi connectivity index (χ0) is 13.9. The number of hydrogen-bond acceptors (Lipinski definition) is 3. The van der Waals surface area contributed by atoms with Crippen LogP contribution in [0.1, 0.15) is 27.7 Å². The SMILES string of the molecule is CCNC(CSc1nc2ccccc2[nH]1)C(C)(C)C. The van der Waals surface area contributed by atoms with E-state index in [0.29, 0.717) is 6.04 Å². The van der Waals surface area contributed by atoms with Gasteiger partial charge in [0.15, 0.2) is 5.16 Å². The van der Waals surface area contributed by atoms with Crippen molar-refractivity contribution in [1.82, 2.24) is 15.3 Å². The smallest absolute Gasteiger partial charge is 0.166 e. The molecule has 0 spiro atoms. The van der Waals surface area contributed by atoms with E-state index < -0.39 is 0 Å². The number of aromatic amines is 1. The molecule has 104 valence electrons. The number of para-hydroxylation sites is 2. The molecule has 0 amide bonds. The van der Waals surface area contributed by atoms with E-state index in [1.165, 1.54) is 0 Å². The standard InChI is InChI=1S/C15H23N3S/c1-5-16-13(15(2,3)4)10-19-14-17-11-8-6-7-9-12(11)18-14/h6-9,13,16H,5,10H2,1-4H3,(H,17,18). The molecule has 1 aromatic carbocycles. The Kier molecular flexibility index (Phi) is 4.53. The molecule has 1 aromatic heterocycles. The fourth-order valence-electron chi connectivity index (χ4n) is 2.02. The van der Waals surface area contributed by atoms with Crippen molar-refractivity contribution < 1.29 is 0 Å². The summed E-state index contributed by atoms with van der Waals surface area (Å²) in [6.45, 7) is 9.99.